The first-order chi connectivity index (χ1) is 11.9. The molecule has 0 saturated carbocycles. The van der Waals surface area contributed by atoms with Gasteiger partial charge in [0.05, 0.1) is 13.2 Å². The minimum atomic E-state index is 0.0763. The number of nitrogens with zero attached hydrogens (tertiary/aromatic N) is 1. The van der Waals surface area contributed by atoms with Gasteiger partial charge in [0, 0.05) is 19.5 Å². The van der Waals surface area contributed by atoms with E-state index in [2.05, 4.69) is 41.6 Å². The van der Waals surface area contributed by atoms with Crippen molar-refractivity contribution in [1.82, 2.24) is 4.90 Å². The van der Waals surface area contributed by atoms with Crippen LogP contribution < -0.4 is 0 Å². The molecule has 1 heterocycles. The molecule has 2 nitrogen and oxygen atoms in total. The molecule has 0 bridgehead atoms. The van der Waals surface area contributed by atoms with Gasteiger partial charge in [-0.25, -0.2) is 0 Å². The van der Waals surface area contributed by atoms with E-state index in [0.717, 1.165) is 39.1 Å². The van der Waals surface area contributed by atoms with Crippen LogP contribution in [-0.4, -0.2) is 37.2 Å². The van der Waals surface area contributed by atoms with Gasteiger partial charge in [-0.05, 0) is 37.7 Å². The number of ether oxygens (including phenoxy) is 1. The van der Waals surface area contributed by atoms with Crippen molar-refractivity contribution in [1.29, 1.82) is 0 Å². The molecule has 0 aromatic rings. The van der Waals surface area contributed by atoms with Gasteiger partial charge in [0.25, 0.3) is 0 Å². The molecule has 1 saturated heterocycles. The van der Waals surface area contributed by atoms with Crippen LogP contribution in [0, 0.1) is 23.7 Å². The Morgan fingerprint density at radius 2 is 1.92 bits per heavy atom. The van der Waals surface area contributed by atoms with E-state index in [0.29, 0.717) is 0 Å². The van der Waals surface area contributed by atoms with Crippen LogP contribution in [0.3, 0.4) is 0 Å². The molecule has 0 spiro atoms. The molecule has 0 aromatic carbocycles. The monoisotopic (exact) mass is 327 g/mol. The molecule has 1 aliphatic heterocycles. The minimum Gasteiger partial charge on any atom is -0.379 e. The molecule has 0 amide bonds. The highest BCUT2D eigenvalue weighted by molar-refractivity contribution is 5.34. The third-order valence-electron chi connectivity index (χ3n) is 4.72. The Hall–Kier alpha value is -1.22. The van der Waals surface area contributed by atoms with Crippen molar-refractivity contribution in [2.75, 3.05) is 26.3 Å². The first-order valence-electron chi connectivity index (χ1n) is 9.91. The maximum atomic E-state index is 5.48. The molecule has 0 radical (unpaired) electrons. The largest absolute Gasteiger partial charge is 0.379 e. The Balaban J connectivity index is 1.88. The van der Waals surface area contributed by atoms with E-state index in [1.807, 2.05) is 0 Å². The van der Waals surface area contributed by atoms with Gasteiger partial charge in [-0.1, -0.05) is 56.4 Å². The Morgan fingerprint density at radius 1 is 1.08 bits per heavy atom. The summed E-state index contributed by atoms with van der Waals surface area (Å²) in [6.45, 7) is 5.76. The van der Waals surface area contributed by atoms with Gasteiger partial charge in [0.1, 0.15) is 6.04 Å². The second-order valence-corrected chi connectivity index (χ2v) is 6.78. The quantitative estimate of drug-likeness (QED) is 0.524. The van der Waals surface area contributed by atoms with E-state index in [4.69, 9.17) is 4.74 Å². The molecule has 1 unspecified atom stereocenters. The predicted molar refractivity (Wildman–Crippen MR) is 102 cm³/mol. The summed E-state index contributed by atoms with van der Waals surface area (Å²) in [5, 5.41) is 0. The molecule has 0 N–H and O–H groups in total. The number of morpholine rings is 1. The summed E-state index contributed by atoms with van der Waals surface area (Å²) in [6, 6.07) is 0.0763. The highest BCUT2D eigenvalue weighted by Gasteiger charge is 2.17. The smallest absolute Gasteiger partial charge is 0.134 e. The van der Waals surface area contributed by atoms with E-state index in [1.54, 1.807) is 0 Å². The number of hydrogen-bond acceptors (Lipinski definition) is 2. The van der Waals surface area contributed by atoms with Crippen LogP contribution in [0.2, 0.25) is 0 Å². The highest BCUT2D eigenvalue weighted by Crippen LogP contribution is 2.16. The maximum absolute atomic E-state index is 5.48. The van der Waals surface area contributed by atoms with Crippen molar-refractivity contribution in [2.45, 2.75) is 77.2 Å². The van der Waals surface area contributed by atoms with E-state index in [1.165, 1.54) is 56.9 Å². The van der Waals surface area contributed by atoms with Crippen molar-refractivity contribution in [3.8, 4) is 23.7 Å². The summed E-state index contributed by atoms with van der Waals surface area (Å²) in [5.74, 6) is 13.7. The molecule has 24 heavy (non-hydrogen) atoms. The average Bonchev–Trinajstić information content (AvgIpc) is 2.65. The number of rotatable bonds is 6. The van der Waals surface area contributed by atoms with Crippen LogP contribution in [0.5, 0.6) is 0 Å². The zero-order valence-corrected chi connectivity index (χ0v) is 15.4. The Morgan fingerprint density at radius 3 is 2.67 bits per heavy atom. The van der Waals surface area contributed by atoms with Gasteiger partial charge < -0.3 is 4.74 Å². The van der Waals surface area contributed by atoms with Crippen LogP contribution >= 0.6 is 0 Å². The zero-order valence-electron chi connectivity index (χ0n) is 15.4. The summed E-state index contributed by atoms with van der Waals surface area (Å²) >= 11 is 0. The van der Waals surface area contributed by atoms with Crippen molar-refractivity contribution in [2.24, 2.45) is 0 Å². The molecule has 1 atom stereocenters. The molecular formula is C22H33NO. The van der Waals surface area contributed by atoms with E-state index >= 15 is 0 Å². The van der Waals surface area contributed by atoms with Gasteiger partial charge in [-0.15, -0.1) is 5.92 Å². The zero-order chi connectivity index (χ0) is 16.9. The van der Waals surface area contributed by atoms with Gasteiger partial charge in [0.15, 0.2) is 0 Å². The van der Waals surface area contributed by atoms with Crippen molar-refractivity contribution in [3.05, 3.63) is 11.6 Å². The average molecular weight is 328 g/mol. The van der Waals surface area contributed by atoms with Crippen LogP contribution in [-0.2, 0) is 4.74 Å². The second-order valence-electron chi connectivity index (χ2n) is 6.78. The lowest BCUT2D eigenvalue weighted by Gasteiger charge is -2.28. The fourth-order valence-corrected chi connectivity index (χ4v) is 3.15. The maximum Gasteiger partial charge on any atom is 0.134 e. The van der Waals surface area contributed by atoms with Gasteiger partial charge in [-0.3, -0.25) is 4.90 Å². The van der Waals surface area contributed by atoms with E-state index < -0.39 is 0 Å². The molecule has 2 heteroatoms. The van der Waals surface area contributed by atoms with Crippen LogP contribution in [0.4, 0.5) is 0 Å². The number of unbranched alkanes of at least 4 members (excludes halogenated alkanes) is 5. The lowest BCUT2D eigenvalue weighted by Crippen LogP contribution is -2.42. The molecule has 1 aliphatic carbocycles. The van der Waals surface area contributed by atoms with Crippen LogP contribution in [0.25, 0.3) is 0 Å². The van der Waals surface area contributed by atoms with Crippen molar-refractivity contribution < 1.29 is 4.74 Å². The van der Waals surface area contributed by atoms with Gasteiger partial charge >= 0.3 is 0 Å². The topological polar surface area (TPSA) is 12.5 Å². The van der Waals surface area contributed by atoms with Gasteiger partial charge in [-0.2, -0.15) is 0 Å². The van der Waals surface area contributed by atoms with Gasteiger partial charge in [0.2, 0.25) is 0 Å². The second kappa shape index (κ2) is 12.2. The van der Waals surface area contributed by atoms with Crippen LogP contribution in [0.15, 0.2) is 11.6 Å². The molecular weight excluding hydrogens is 294 g/mol. The normalized spacial score (nSPS) is 19.5. The standard InChI is InChI=1S/C22H33NO/c1-2-3-4-5-6-7-11-14-22(23-17-19-24-20-18-23)16-15-21-12-9-8-10-13-21/h12,22H,2-10,13,17-20H2,1H3. The third kappa shape index (κ3) is 7.57. The lowest BCUT2D eigenvalue weighted by atomic mass is 10.00. The first-order valence-corrected chi connectivity index (χ1v) is 9.91. The first kappa shape index (κ1) is 19.1. The van der Waals surface area contributed by atoms with E-state index in [9.17, 15) is 0 Å². The summed E-state index contributed by atoms with van der Waals surface area (Å²) in [6.07, 6.45) is 14.8. The fourth-order valence-electron chi connectivity index (χ4n) is 3.15. The molecule has 1 fully saturated rings. The van der Waals surface area contributed by atoms with E-state index in [-0.39, 0.29) is 6.04 Å². The Labute approximate surface area is 149 Å². The predicted octanol–water partition coefficient (Wildman–Crippen LogP) is 4.55. The lowest BCUT2D eigenvalue weighted by molar-refractivity contribution is 0.0356. The number of allylic oxidation sites excluding steroid dienone is 2. The van der Waals surface area contributed by atoms with Crippen molar-refractivity contribution >= 4 is 0 Å². The summed E-state index contributed by atoms with van der Waals surface area (Å²) in [4.78, 5) is 2.38. The van der Waals surface area contributed by atoms with Crippen LogP contribution in [0.1, 0.15) is 71.1 Å². The molecule has 2 rings (SSSR count). The fraction of sp³-hybridized carbons (Fsp3) is 0.727. The summed E-state index contributed by atoms with van der Waals surface area (Å²) in [7, 11) is 0. The number of hydrogen-bond donors (Lipinski definition) is 0. The molecule has 0 aromatic heterocycles. The van der Waals surface area contributed by atoms with Crippen molar-refractivity contribution in [3.63, 3.8) is 0 Å². The Bertz CT molecular complexity index is 494. The minimum absolute atomic E-state index is 0.0763. The molecule has 2 aliphatic rings. The summed E-state index contributed by atoms with van der Waals surface area (Å²) in [5.41, 5.74) is 1.32. The third-order valence-corrected chi connectivity index (χ3v) is 4.72. The summed E-state index contributed by atoms with van der Waals surface area (Å²) < 4.78 is 5.48. The highest BCUT2D eigenvalue weighted by atomic mass is 16.5. The SMILES string of the molecule is CCCCCCCC#CC(C#CC1=CCCCC1)N1CCOCC1. The Kier molecular flexibility index (Phi) is 9.70. The molecule has 132 valence electrons.